The molecule has 1 N–H and O–H groups in total. The van der Waals surface area contributed by atoms with Crippen LogP contribution in [0.25, 0.3) is 0 Å². The number of sulfone groups is 1. The smallest absolute Gasteiger partial charge is 0.246 e. The van der Waals surface area contributed by atoms with Gasteiger partial charge in [0.25, 0.3) is 0 Å². The summed E-state index contributed by atoms with van der Waals surface area (Å²) in [6.07, 6.45) is 1.77. The van der Waals surface area contributed by atoms with Gasteiger partial charge in [-0.1, -0.05) is 31.0 Å². The average Bonchev–Trinajstić information content (AvgIpc) is 3.11. The number of hydrogen-bond donors (Lipinski definition) is 1. The van der Waals surface area contributed by atoms with Gasteiger partial charge in [-0.05, 0) is 68.5 Å². The van der Waals surface area contributed by atoms with Gasteiger partial charge >= 0.3 is 0 Å². The van der Waals surface area contributed by atoms with Crippen LogP contribution in [0.1, 0.15) is 42.4 Å². The van der Waals surface area contributed by atoms with E-state index in [1.807, 2.05) is 13.0 Å². The molecular formula is C21H24FNO3S. The second kappa shape index (κ2) is 7.08. The number of aryl methyl sites for hydroxylation is 3. The number of amides is 1. The summed E-state index contributed by atoms with van der Waals surface area (Å²) < 4.78 is 39.7. The van der Waals surface area contributed by atoms with Crippen LogP contribution in [0, 0.1) is 26.6 Å². The van der Waals surface area contributed by atoms with Gasteiger partial charge in [-0.25, -0.2) is 12.8 Å². The highest BCUT2D eigenvalue weighted by Crippen LogP contribution is 2.42. The highest BCUT2D eigenvalue weighted by atomic mass is 32.2. The molecule has 0 aromatic heterocycles. The van der Waals surface area contributed by atoms with Gasteiger partial charge in [-0.15, -0.1) is 0 Å². The first-order chi connectivity index (χ1) is 12.7. The predicted molar refractivity (Wildman–Crippen MR) is 104 cm³/mol. The summed E-state index contributed by atoms with van der Waals surface area (Å²) in [6, 6.07) is 9.68. The predicted octanol–water partition coefficient (Wildman–Crippen LogP) is 4.48. The fraction of sp³-hybridized carbons (Fsp3) is 0.381. The molecule has 1 amide bonds. The Balaban J connectivity index is 2.05. The lowest BCUT2D eigenvalue weighted by molar-refractivity contribution is -0.118. The van der Waals surface area contributed by atoms with Gasteiger partial charge in [0.2, 0.25) is 5.91 Å². The zero-order valence-corrected chi connectivity index (χ0v) is 16.6. The zero-order chi connectivity index (χ0) is 19.8. The molecule has 0 atom stereocenters. The molecular weight excluding hydrogens is 365 g/mol. The molecule has 0 bridgehead atoms. The van der Waals surface area contributed by atoms with Gasteiger partial charge in [-0.3, -0.25) is 4.79 Å². The normalized spacial score (nSPS) is 16.3. The minimum atomic E-state index is -3.93. The van der Waals surface area contributed by atoms with Crippen LogP contribution in [-0.4, -0.2) is 19.1 Å². The zero-order valence-electron chi connectivity index (χ0n) is 15.8. The van der Waals surface area contributed by atoms with E-state index in [9.17, 15) is 17.6 Å². The van der Waals surface area contributed by atoms with Gasteiger partial charge in [0.05, 0.1) is 10.6 Å². The number of carbonyl (C=O) groups is 1. The SMILES string of the molecule is Cc1ccc(NC(=O)C2(S(=O)(=O)c3cc(C)ccc3C)CCCC2)c(F)c1. The lowest BCUT2D eigenvalue weighted by Gasteiger charge is -2.28. The summed E-state index contributed by atoms with van der Waals surface area (Å²) in [7, 11) is -3.93. The third-order valence-corrected chi connectivity index (χ3v) is 7.99. The Morgan fingerprint density at radius 2 is 1.59 bits per heavy atom. The van der Waals surface area contributed by atoms with Crippen molar-refractivity contribution in [1.82, 2.24) is 0 Å². The molecule has 2 aromatic rings. The molecule has 0 aliphatic heterocycles. The number of hydrogen-bond acceptors (Lipinski definition) is 3. The van der Waals surface area contributed by atoms with E-state index in [0.29, 0.717) is 18.4 Å². The minimum Gasteiger partial charge on any atom is -0.322 e. The number of nitrogens with one attached hydrogen (secondary N) is 1. The lowest BCUT2D eigenvalue weighted by atomic mass is 10.1. The number of benzene rings is 2. The molecule has 0 radical (unpaired) electrons. The molecule has 6 heteroatoms. The van der Waals surface area contributed by atoms with Gasteiger partial charge < -0.3 is 5.32 Å². The van der Waals surface area contributed by atoms with Gasteiger partial charge in [-0.2, -0.15) is 0 Å². The van der Waals surface area contributed by atoms with E-state index in [1.165, 1.54) is 12.1 Å². The Kier molecular flexibility index (Phi) is 5.12. The van der Waals surface area contributed by atoms with Gasteiger partial charge in [0, 0.05) is 0 Å². The molecule has 0 heterocycles. The average molecular weight is 389 g/mol. The maximum absolute atomic E-state index is 14.2. The van der Waals surface area contributed by atoms with Crippen molar-refractivity contribution in [2.75, 3.05) is 5.32 Å². The van der Waals surface area contributed by atoms with Crippen molar-refractivity contribution in [3.63, 3.8) is 0 Å². The Bertz CT molecular complexity index is 992. The summed E-state index contributed by atoms with van der Waals surface area (Å²) in [5.41, 5.74) is 2.16. The van der Waals surface area contributed by atoms with Crippen LogP contribution in [0.3, 0.4) is 0 Å². The largest absolute Gasteiger partial charge is 0.322 e. The van der Waals surface area contributed by atoms with Crippen molar-refractivity contribution in [2.24, 2.45) is 0 Å². The molecule has 1 saturated carbocycles. The molecule has 1 aliphatic rings. The summed E-state index contributed by atoms with van der Waals surface area (Å²) in [4.78, 5) is 13.3. The van der Waals surface area contributed by atoms with Crippen molar-refractivity contribution < 1.29 is 17.6 Å². The second-order valence-corrected chi connectivity index (χ2v) is 9.64. The fourth-order valence-electron chi connectivity index (χ4n) is 3.73. The Hall–Kier alpha value is -2.21. The highest BCUT2D eigenvalue weighted by molar-refractivity contribution is 7.93. The Morgan fingerprint density at radius 3 is 2.22 bits per heavy atom. The third kappa shape index (κ3) is 3.38. The maximum Gasteiger partial charge on any atom is 0.246 e. The number of carbonyl (C=O) groups excluding carboxylic acids is 1. The summed E-state index contributed by atoms with van der Waals surface area (Å²) in [5.74, 6) is -1.22. The number of anilines is 1. The molecule has 3 rings (SSSR count). The maximum atomic E-state index is 14.2. The monoisotopic (exact) mass is 389 g/mol. The first-order valence-corrected chi connectivity index (χ1v) is 10.6. The van der Waals surface area contributed by atoms with Crippen molar-refractivity contribution in [1.29, 1.82) is 0 Å². The molecule has 0 unspecified atom stereocenters. The molecule has 27 heavy (non-hydrogen) atoms. The molecule has 1 fully saturated rings. The summed E-state index contributed by atoms with van der Waals surface area (Å²) >= 11 is 0. The minimum absolute atomic E-state index is 0.00744. The topological polar surface area (TPSA) is 63.2 Å². The summed E-state index contributed by atoms with van der Waals surface area (Å²) in [5, 5.41) is 2.54. The van der Waals surface area contributed by atoms with Crippen LogP contribution in [0.2, 0.25) is 0 Å². The van der Waals surface area contributed by atoms with E-state index in [-0.39, 0.29) is 23.4 Å². The van der Waals surface area contributed by atoms with Crippen molar-refractivity contribution >= 4 is 21.4 Å². The Labute approximate surface area is 159 Å². The third-order valence-electron chi connectivity index (χ3n) is 5.35. The quantitative estimate of drug-likeness (QED) is 0.839. The van der Waals surface area contributed by atoms with Crippen molar-refractivity contribution in [2.45, 2.75) is 56.1 Å². The molecule has 4 nitrogen and oxygen atoms in total. The van der Waals surface area contributed by atoms with Gasteiger partial charge in [0.1, 0.15) is 5.82 Å². The summed E-state index contributed by atoms with van der Waals surface area (Å²) in [6.45, 7) is 5.30. The molecule has 2 aromatic carbocycles. The number of rotatable bonds is 4. The van der Waals surface area contributed by atoms with E-state index < -0.39 is 26.3 Å². The van der Waals surface area contributed by atoms with Crippen molar-refractivity contribution in [3.8, 4) is 0 Å². The van der Waals surface area contributed by atoms with Crippen LogP contribution >= 0.6 is 0 Å². The van der Waals surface area contributed by atoms with Crippen LogP contribution in [0.5, 0.6) is 0 Å². The fourth-order valence-corrected chi connectivity index (χ4v) is 6.10. The first kappa shape index (κ1) is 19.5. The number of halogens is 1. The van der Waals surface area contributed by atoms with Crippen molar-refractivity contribution in [3.05, 3.63) is 58.9 Å². The van der Waals surface area contributed by atoms with E-state index in [2.05, 4.69) is 5.32 Å². The van der Waals surface area contributed by atoms with E-state index >= 15 is 0 Å². The standard InChI is InChI=1S/C21H24FNO3S/c1-14-7-9-18(17(22)12-14)23-20(24)21(10-4-5-11-21)27(25,26)19-13-15(2)6-8-16(19)3/h6-9,12-13H,4-5,10-11H2,1-3H3,(H,23,24). The molecule has 0 spiro atoms. The molecule has 1 aliphatic carbocycles. The first-order valence-electron chi connectivity index (χ1n) is 9.07. The van der Waals surface area contributed by atoms with Crippen LogP contribution in [-0.2, 0) is 14.6 Å². The molecule has 0 saturated heterocycles. The van der Waals surface area contributed by atoms with E-state index in [0.717, 1.165) is 11.1 Å². The van der Waals surface area contributed by atoms with E-state index in [1.54, 1.807) is 32.0 Å². The van der Waals surface area contributed by atoms with E-state index in [4.69, 9.17) is 0 Å². The lowest BCUT2D eigenvalue weighted by Crippen LogP contribution is -2.47. The molecule has 144 valence electrons. The Morgan fingerprint density at radius 1 is 1.00 bits per heavy atom. The van der Waals surface area contributed by atoms with Crippen LogP contribution in [0.4, 0.5) is 10.1 Å². The van der Waals surface area contributed by atoms with Crippen LogP contribution in [0.15, 0.2) is 41.3 Å². The van der Waals surface area contributed by atoms with Gasteiger partial charge in [0.15, 0.2) is 14.6 Å². The second-order valence-electron chi connectivity index (χ2n) is 7.41. The highest BCUT2D eigenvalue weighted by Gasteiger charge is 2.53. The van der Waals surface area contributed by atoms with Crippen LogP contribution < -0.4 is 5.32 Å².